The zero-order chi connectivity index (χ0) is 23.1. The van der Waals surface area contributed by atoms with E-state index in [2.05, 4.69) is 26.6 Å². The predicted octanol–water partition coefficient (Wildman–Crippen LogP) is 4.78. The van der Waals surface area contributed by atoms with Crippen molar-refractivity contribution >= 4 is 45.2 Å². The molecule has 0 heterocycles. The van der Waals surface area contributed by atoms with Gasteiger partial charge in [0, 0.05) is 22.3 Å². The van der Waals surface area contributed by atoms with E-state index < -0.39 is 16.7 Å². The first kappa shape index (κ1) is 22.7. The summed E-state index contributed by atoms with van der Waals surface area (Å²) in [4.78, 5) is 36.2. The van der Waals surface area contributed by atoms with E-state index in [4.69, 9.17) is 4.74 Å². The van der Waals surface area contributed by atoms with Crippen LogP contribution < -0.4 is 15.4 Å². The Balaban J connectivity index is 1.92. The standard InChI is InChI=1S/C23H18BrN3O5/c1-32-21-5-3-2-4-19(21)22(28)26-20(14-15-6-12-18(13-7-15)27(30)31)23(29)25-17-10-8-16(24)9-11-17/h2-14H,1H3,(H,25,29)(H,26,28)/b20-14-. The van der Waals surface area contributed by atoms with E-state index in [-0.39, 0.29) is 16.9 Å². The quantitative estimate of drug-likeness (QED) is 0.278. The van der Waals surface area contributed by atoms with Gasteiger partial charge in [-0.25, -0.2) is 0 Å². The molecule has 162 valence electrons. The average Bonchev–Trinajstić information content (AvgIpc) is 2.80. The third-order valence-corrected chi connectivity index (χ3v) is 4.89. The second-order valence-corrected chi connectivity index (χ2v) is 7.44. The zero-order valence-electron chi connectivity index (χ0n) is 16.9. The molecule has 0 spiro atoms. The second kappa shape index (κ2) is 10.4. The third-order valence-electron chi connectivity index (χ3n) is 4.36. The Bertz CT molecular complexity index is 1170. The number of carbonyl (C=O) groups is 2. The molecular formula is C23H18BrN3O5. The van der Waals surface area contributed by atoms with Crippen LogP contribution >= 0.6 is 15.9 Å². The highest BCUT2D eigenvalue weighted by molar-refractivity contribution is 9.10. The number of hydrogen-bond acceptors (Lipinski definition) is 5. The normalized spacial score (nSPS) is 10.9. The number of methoxy groups -OCH3 is 1. The van der Waals surface area contributed by atoms with Crippen molar-refractivity contribution in [3.05, 3.63) is 104 Å². The first-order chi connectivity index (χ1) is 15.4. The van der Waals surface area contributed by atoms with E-state index in [1.807, 2.05) is 0 Å². The topological polar surface area (TPSA) is 111 Å². The van der Waals surface area contributed by atoms with Gasteiger partial charge >= 0.3 is 0 Å². The number of nitrogens with zero attached hydrogens (tertiary/aromatic N) is 1. The first-order valence-electron chi connectivity index (χ1n) is 9.35. The molecule has 3 aromatic rings. The van der Waals surface area contributed by atoms with Crippen LogP contribution in [0.2, 0.25) is 0 Å². The summed E-state index contributed by atoms with van der Waals surface area (Å²) in [6.45, 7) is 0. The van der Waals surface area contributed by atoms with Crippen LogP contribution in [0.4, 0.5) is 11.4 Å². The summed E-state index contributed by atoms with van der Waals surface area (Å²) in [5.74, 6) is -0.747. The smallest absolute Gasteiger partial charge is 0.272 e. The molecular weight excluding hydrogens is 478 g/mol. The minimum absolute atomic E-state index is 0.0438. The highest BCUT2D eigenvalue weighted by atomic mass is 79.9. The third kappa shape index (κ3) is 5.79. The van der Waals surface area contributed by atoms with Crippen molar-refractivity contribution in [1.29, 1.82) is 0 Å². The molecule has 2 N–H and O–H groups in total. The molecule has 9 heteroatoms. The molecule has 32 heavy (non-hydrogen) atoms. The maximum Gasteiger partial charge on any atom is 0.272 e. The van der Waals surface area contributed by atoms with Gasteiger partial charge in [-0.15, -0.1) is 0 Å². The lowest BCUT2D eigenvalue weighted by Crippen LogP contribution is -2.31. The first-order valence-corrected chi connectivity index (χ1v) is 10.1. The molecule has 8 nitrogen and oxygen atoms in total. The van der Waals surface area contributed by atoms with Crippen molar-refractivity contribution in [1.82, 2.24) is 5.32 Å². The number of amides is 2. The average molecular weight is 496 g/mol. The van der Waals surface area contributed by atoms with E-state index >= 15 is 0 Å². The molecule has 0 aliphatic heterocycles. The summed E-state index contributed by atoms with van der Waals surface area (Å²) in [5, 5.41) is 16.2. The fourth-order valence-electron chi connectivity index (χ4n) is 2.77. The Morgan fingerprint density at radius 3 is 2.28 bits per heavy atom. The summed E-state index contributed by atoms with van der Waals surface area (Å²) >= 11 is 3.33. The van der Waals surface area contributed by atoms with Crippen LogP contribution in [0, 0.1) is 10.1 Å². The lowest BCUT2D eigenvalue weighted by atomic mass is 10.1. The molecule has 0 radical (unpaired) electrons. The molecule has 0 aromatic heterocycles. The lowest BCUT2D eigenvalue weighted by molar-refractivity contribution is -0.384. The highest BCUT2D eigenvalue weighted by Gasteiger charge is 2.18. The van der Waals surface area contributed by atoms with Gasteiger partial charge in [-0.05, 0) is 60.2 Å². The lowest BCUT2D eigenvalue weighted by Gasteiger charge is -2.13. The van der Waals surface area contributed by atoms with E-state index in [0.29, 0.717) is 17.0 Å². The Hall–Kier alpha value is -3.98. The van der Waals surface area contributed by atoms with Crippen molar-refractivity contribution in [3.63, 3.8) is 0 Å². The van der Waals surface area contributed by atoms with Crippen LogP contribution in [-0.4, -0.2) is 23.8 Å². The Morgan fingerprint density at radius 2 is 1.66 bits per heavy atom. The van der Waals surface area contributed by atoms with Crippen molar-refractivity contribution in [2.75, 3.05) is 12.4 Å². The van der Waals surface area contributed by atoms with Gasteiger partial charge in [-0.3, -0.25) is 19.7 Å². The van der Waals surface area contributed by atoms with Crippen molar-refractivity contribution in [2.24, 2.45) is 0 Å². The van der Waals surface area contributed by atoms with Crippen molar-refractivity contribution in [2.45, 2.75) is 0 Å². The van der Waals surface area contributed by atoms with Crippen molar-refractivity contribution < 1.29 is 19.2 Å². The number of nitro benzene ring substituents is 1. The molecule has 0 saturated carbocycles. The van der Waals surface area contributed by atoms with Gasteiger partial charge in [0.05, 0.1) is 17.6 Å². The maximum absolute atomic E-state index is 13.0. The summed E-state index contributed by atoms with van der Waals surface area (Å²) in [6.07, 6.45) is 1.44. The number of anilines is 1. The Kier molecular flexibility index (Phi) is 7.35. The number of para-hydroxylation sites is 1. The zero-order valence-corrected chi connectivity index (χ0v) is 18.5. The maximum atomic E-state index is 13.0. The molecule has 3 aromatic carbocycles. The number of halogens is 1. The number of ether oxygens (including phenoxy) is 1. The minimum Gasteiger partial charge on any atom is -0.496 e. The molecule has 0 fully saturated rings. The van der Waals surface area contributed by atoms with Crippen LogP contribution in [0.3, 0.4) is 0 Å². The molecule has 0 aliphatic rings. The minimum atomic E-state index is -0.561. The van der Waals surface area contributed by atoms with E-state index in [9.17, 15) is 19.7 Å². The van der Waals surface area contributed by atoms with E-state index in [1.54, 1.807) is 48.5 Å². The van der Waals surface area contributed by atoms with Crippen molar-refractivity contribution in [3.8, 4) is 5.75 Å². The van der Waals surface area contributed by atoms with Gasteiger partial charge in [-0.1, -0.05) is 28.1 Å². The van der Waals surface area contributed by atoms with Crippen LogP contribution in [0.1, 0.15) is 15.9 Å². The number of non-ortho nitro benzene ring substituents is 1. The number of carbonyl (C=O) groups excluding carboxylic acids is 2. The summed E-state index contributed by atoms with van der Waals surface area (Å²) in [6, 6.07) is 19.2. The molecule has 0 unspecified atom stereocenters. The second-order valence-electron chi connectivity index (χ2n) is 6.52. The van der Waals surface area contributed by atoms with Crippen LogP contribution in [0.15, 0.2) is 83.0 Å². The number of nitrogens with one attached hydrogen (secondary N) is 2. The van der Waals surface area contributed by atoms with Gasteiger partial charge < -0.3 is 15.4 Å². The van der Waals surface area contributed by atoms with E-state index in [0.717, 1.165) is 4.47 Å². The molecule has 2 amide bonds. The van der Waals surface area contributed by atoms with Gasteiger partial charge in [0.25, 0.3) is 17.5 Å². The Morgan fingerprint density at radius 1 is 1.00 bits per heavy atom. The number of hydrogen-bond donors (Lipinski definition) is 2. The molecule has 0 aliphatic carbocycles. The molecule has 0 saturated heterocycles. The van der Waals surface area contributed by atoms with Crippen LogP contribution in [0.5, 0.6) is 5.75 Å². The summed E-state index contributed by atoms with van der Waals surface area (Å²) < 4.78 is 6.07. The monoisotopic (exact) mass is 495 g/mol. The number of benzene rings is 3. The van der Waals surface area contributed by atoms with Crippen LogP contribution in [0.25, 0.3) is 6.08 Å². The molecule has 3 rings (SSSR count). The van der Waals surface area contributed by atoms with E-state index in [1.165, 1.54) is 37.5 Å². The number of nitro groups is 1. The largest absolute Gasteiger partial charge is 0.496 e. The number of rotatable bonds is 7. The SMILES string of the molecule is COc1ccccc1C(=O)N/C(=C\c1ccc([N+](=O)[O-])cc1)C(=O)Nc1ccc(Br)cc1. The molecule has 0 bridgehead atoms. The van der Waals surface area contributed by atoms with Gasteiger partial charge in [0.1, 0.15) is 11.4 Å². The van der Waals surface area contributed by atoms with Gasteiger partial charge in [-0.2, -0.15) is 0 Å². The fourth-order valence-corrected chi connectivity index (χ4v) is 3.04. The predicted molar refractivity (Wildman–Crippen MR) is 124 cm³/mol. The molecule has 0 atom stereocenters. The Labute approximate surface area is 192 Å². The van der Waals surface area contributed by atoms with Gasteiger partial charge in [0.2, 0.25) is 0 Å². The fraction of sp³-hybridized carbons (Fsp3) is 0.0435. The van der Waals surface area contributed by atoms with Crippen LogP contribution in [-0.2, 0) is 4.79 Å². The summed E-state index contributed by atoms with van der Waals surface area (Å²) in [7, 11) is 1.44. The summed E-state index contributed by atoms with van der Waals surface area (Å²) in [5.41, 5.74) is 1.15. The van der Waals surface area contributed by atoms with Gasteiger partial charge in [0.15, 0.2) is 0 Å². The highest BCUT2D eigenvalue weighted by Crippen LogP contribution is 2.20.